The van der Waals surface area contributed by atoms with Crippen LogP contribution in [0.1, 0.15) is 0 Å². The van der Waals surface area contributed by atoms with Crippen molar-refractivity contribution in [1.29, 1.82) is 0 Å². The molecule has 0 bridgehead atoms. The minimum absolute atomic E-state index is 0.213. The van der Waals surface area contributed by atoms with Crippen molar-refractivity contribution in [2.45, 2.75) is 0 Å². The van der Waals surface area contributed by atoms with Gasteiger partial charge in [-0.2, -0.15) is 0 Å². The number of nitrogens with zero attached hydrogens (tertiary/aromatic N) is 1. The van der Waals surface area contributed by atoms with Crippen LogP contribution in [0.3, 0.4) is 0 Å². The van der Waals surface area contributed by atoms with Crippen LogP contribution in [0.15, 0.2) is 63.9 Å². The number of aromatic nitrogens is 2. The predicted octanol–water partition coefficient (Wildman–Crippen LogP) is 3.73. The second-order valence-electron chi connectivity index (χ2n) is 4.28. The van der Waals surface area contributed by atoms with Crippen molar-refractivity contribution in [3.05, 3.63) is 75.2 Å². The van der Waals surface area contributed by atoms with Gasteiger partial charge in [0, 0.05) is 5.56 Å². The van der Waals surface area contributed by atoms with Crippen LogP contribution in [0.5, 0.6) is 0 Å². The van der Waals surface area contributed by atoms with Crippen molar-refractivity contribution >= 4 is 15.9 Å². The summed E-state index contributed by atoms with van der Waals surface area (Å²) in [5, 5.41) is 3.04. The highest BCUT2D eigenvalue weighted by Crippen LogP contribution is 2.24. The van der Waals surface area contributed by atoms with Crippen molar-refractivity contribution < 1.29 is 4.39 Å². The van der Waals surface area contributed by atoms with Crippen LogP contribution in [0.4, 0.5) is 4.39 Å². The molecule has 0 atom stereocenters. The average Bonchev–Trinajstić information content (AvgIpc) is 2.77. The fourth-order valence-corrected chi connectivity index (χ4v) is 2.48. The minimum Gasteiger partial charge on any atom is -0.289 e. The molecule has 0 spiro atoms. The van der Waals surface area contributed by atoms with E-state index in [4.69, 9.17) is 0 Å². The molecule has 0 unspecified atom stereocenters. The van der Waals surface area contributed by atoms with Crippen LogP contribution in [-0.2, 0) is 0 Å². The Morgan fingerprint density at radius 1 is 1.00 bits per heavy atom. The average molecular weight is 333 g/mol. The highest BCUT2D eigenvalue weighted by molar-refractivity contribution is 9.10. The second-order valence-corrected chi connectivity index (χ2v) is 5.08. The molecule has 0 aliphatic carbocycles. The van der Waals surface area contributed by atoms with Gasteiger partial charge in [0.15, 0.2) is 0 Å². The van der Waals surface area contributed by atoms with E-state index in [-0.39, 0.29) is 11.4 Å². The third-order valence-corrected chi connectivity index (χ3v) is 3.72. The van der Waals surface area contributed by atoms with Gasteiger partial charge in [-0.25, -0.2) is 9.07 Å². The SMILES string of the molecule is O=c1c(Br)c(-c2ccccc2)[nH]n1-c1ccc(F)cc1. The molecule has 0 aliphatic heterocycles. The van der Waals surface area contributed by atoms with Gasteiger partial charge in [-0.15, -0.1) is 0 Å². The summed E-state index contributed by atoms with van der Waals surface area (Å²) in [5.74, 6) is -0.337. The lowest BCUT2D eigenvalue weighted by molar-refractivity contribution is 0.627. The Morgan fingerprint density at radius 2 is 1.65 bits per heavy atom. The molecule has 1 N–H and O–H groups in total. The summed E-state index contributed by atoms with van der Waals surface area (Å²) < 4.78 is 14.8. The Morgan fingerprint density at radius 3 is 2.30 bits per heavy atom. The normalized spacial score (nSPS) is 10.7. The van der Waals surface area contributed by atoms with E-state index in [1.165, 1.54) is 16.8 Å². The Balaban J connectivity index is 2.16. The maximum atomic E-state index is 12.9. The van der Waals surface area contributed by atoms with Gasteiger partial charge in [-0.05, 0) is 40.2 Å². The molecule has 0 amide bonds. The third-order valence-electron chi connectivity index (χ3n) is 2.98. The molecular weight excluding hydrogens is 323 g/mol. The lowest BCUT2D eigenvalue weighted by Crippen LogP contribution is -2.14. The third kappa shape index (κ3) is 2.20. The van der Waals surface area contributed by atoms with Crippen molar-refractivity contribution in [2.75, 3.05) is 0 Å². The Hall–Kier alpha value is -2.14. The fraction of sp³-hybridized carbons (Fsp3) is 0. The zero-order chi connectivity index (χ0) is 14.1. The van der Waals surface area contributed by atoms with Gasteiger partial charge >= 0.3 is 0 Å². The van der Waals surface area contributed by atoms with Crippen molar-refractivity contribution in [1.82, 2.24) is 9.78 Å². The second kappa shape index (κ2) is 5.09. The molecule has 3 aromatic rings. The first kappa shape index (κ1) is 12.9. The Labute approximate surface area is 122 Å². The monoisotopic (exact) mass is 332 g/mol. The van der Waals surface area contributed by atoms with Gasteiger partial charge in [0.2, 0.25) is 0 Å². The smallest absolute Gasteiger partial charge is 0.286 e. The van der Waals surface area contributed by atoms with E-state index < -0.39 is 0 Å². The summed E-state index contributed by atoms with van der Waals surface area (Å²) in [5.41, 5.74) is 1.96. The van der Waals surface area contributed by atoms with E-state index in [0.717, 1.165) is 5.56 Å². The highest BCUT2D eigenvalue weighted by atomic mass is 79.9. The summed E-state index contributed by atoms with van der Waals surface area (Å²) in [6, 6.07) is 15.3. The van der Waals surface area contributed by atoms with Crippen LogP contribution in [0.25, 0.3) is 16.9 Å². The Kier molecular flexibility index (Phi) is 3.28. The molecule has 1 heterocycles. The summed E-state index contributed by atoms with van der Waals surface area (Å²) in [6.07, 6.45) is 0. The number of H-pyrrole nitrogens is 1. The van der Waals surface area contributed by atoms with Gasteiger partial charge < -0.3 is 0 Å². The van der Waals surface area contributed by atoms with Crippen LogP contribution in [-0.4, -0.2) is 9.78 Å². The number of rotatable bonds is 2. The first-order chi connectivity index (χ1) is 9.66. The van der Waals surface area contributed by atoms with Crippen molar-refractivity contribution in [2.24, 2.45) is 0 Å². The van der Waals surface area contributed by atoms with Crippen molar-refractivity contribution in [3.63, 3.8) is 0 Å². The molecule has 2 aromatic carbocycles. The van der Waals surface area contributed by atoms with Crippen LogP contribution in [0, 0.1) is 5.82 Å². The molecule has 20 heavy (non-hydrogen) atoms. The molecule has 3 nitrogen and oxygen atoms in total. The van der Waals surface area contributed by atoms with E-state index in [1.807, 2.05) is 30.3 Å². The zero-order valence-corrected chi connectivity index (χ0v) is 11.9. The largest absolute Gasteiger partial charge is 0.289 e. The first-order valence-corrected chi connectivity index (χ1v) is 6.78. The summed E-state index contributed by atoms with van der Waals surface area (Å²) in [4.78, 5) is 12.2. The summed E-state index contributed by atoms with van der Waals surface area (Å²) in [7, 11) is 0. The number of hydrogen-bond donors (Lipinski definition) is 1. The molecule has 0 fully saturated rings. The quantitative estimate of drug-likeness (QED) is 0.762. The number of hydrogen-bond acceptors (Lipinski definition) is 1. The highest BCUT2D eigenvalue weighted by Gasteiger charge is 2.14. The standard InChI is InChI=1S/C15H10BrFN2O/c16-13-14(10-4-2-1-3-5-10)18-19(15(13)20)12-8-6-11(17)7-9-12/h1-9,18H. The summed E-state index contributed by atoms with van der Waals surface area (Å²) in [6.45, 7) is 0. The predicted molar refractivity (Wildman–Crippen MR) is 79.5 cm³/mol. The van der Waals surface area contributed by atoms with E-state index >= 15 is 0 Å². The number of nitrogens with one attached hydrogen (secondary N) is 1. The molecule has 100 valence electrons. The van der Waals surface area contributed by atoms with Gasteiger partial charge in [0.05, 0.1) is 11.4 Å². The van der Waals surface area contributed by atoms with Crippen LogP contribution < -0.4 is 5.56 Å². The summed E-state index contributed by atoms with van der Waals surface area (Å²) >= 11 is 3.31. The van der Waals surface area contributed by atoms with E-state index in [2.05, 4.69) is 21.0 Å². The maximum Gasteiger partial charge on any atom is 0.286 e. The lowest BCUT2D eigenvalue weighted by atomic mass is 10.2. The van der Waals surface area contributed by atoms with Crippen molar-refractivity contribution in [3.8, 4) is 16.9 Å². The van der Waals surface area contributed by atoms with Gasteiger partial charge in [-0.3, -0.25) is 9.89 Å². The van der Waals surface area contributed by atoms with E-state index in [0.29, 0.717) is 15.9 Å². The molecule has 0 aliphatic rings. The minimum atomic E-state index is -0.337. The molecule has 0 saturated heterocycles. The van der Waals surface area contributed by atoms with Crippen LogP contribution in [0.2, 0.25) is 0 Å². The topological polar surface area (TPSA) is 37.8 Å². The molecule has 1 aromatic heterocycles. The zero-order valence-electron chi connectivity index (χ0n) is 10.3. The molecule has 0 radical (unpaired) electrons. The molecular formula is C15H10BrFN2O. The number of aromatic amines is 1. The first-order valence-electron chi connectivity index (χ1n) is 5.98. The Bertz CT molecular complexity index is 791. The molecule has 5 heteroatoms. The number of benzene rings is 2. The molecule has 3 rings (SSSR count). The fourth-order valence-electron chi connectivity index (χ4n) is 1.98. The van der Waals surface area contributed by atoms with E-state index in [9.17, 15) is 9.18 Å². The lowest BCUT2D eigenvalue weighted by Gasteiger charge is -2.01. The van der Waals surface area contributed by atoms with E-state index in [1.54, 1.807) is 12.1 Å². The van der Waals surface area contributed by atoms with Gasteiger partial charge in [-0.1, -0.05) is 30.3 Å². The maximum absolute atomic E-state index is 12.9. The van der Waals surface area contributed by atoms with Gasteiger partial charge in [0.25, 0.3) is 5.56 Å². The van der Waals surface area contributed by atoms with Gasteiger partial charge in [0.1, 0.15) is 10.3 Å². The number of halogens is 2. The van der Waals surface area contributed by atoms with Crippen LogP contribution >= 0.6 is 15.9 Å². The molecule has 0 saturated carbocycles.